The van der Waals surface area contributed by atoms with Gasteiger partial charge in [-0.3, -0.25) is 4.79 Å². The first-order valence-corrected chi connectivity index (χ1v) is 10.2. The van der Waals surface area contributed by atoms with Gasteiger partial charge in [-0.15, -0.1) is 0 Å². The quantitative estimate of drug-likeness (QED) is 0.482. The summed E-state index contributed by atoms with van der Waals surface area (Å²) < 4.78 is 1.32. The number of halogens is 1. The molecule has 2 aromatic rings. The predicted octanol–water partition coefficient (Wildman–Crippen LogP) is 7.38. The molecule has 0 fully saturated rings. The Bertz CT molecular complexity index is 814. The molecule has 0 heterocycles. The zero-order valence-corrected chi connectivity index (χ0v) is 19.5. The summed E-state index contributed by atoms with van der Waals surface area (Å²) in [6, 6.07) is 13.7. The smallest absolute Gasteiger partial charge is 0.267 e. The molecule has 0 aliphatic carbocycles. The van der Waals surface area contributed by atoms with E-state index >= 15 is 0 Å². The summed E-state index contributed by atoms with van der Waals surface area (Å²) in [4.78, 5) is 13.2. The van der Waals surface area contributed by atoms with Gasteiger partial charge in [-0.1, -0.05) is 92.6 Å². The van der Waals surface area contributed by atoms with Crippen molar-refractivity contribution >= 4 is 23.4 Å². The maximum Gasteiger partial charge on any atom is 0.272 e. The van der Waals surface area contributed by atoms with E-state index in [4.69, 9.17) is 11.8 Å². The predicted molar refractivity (Wildman–Crippen MR) is 122 cm³/mol. The minimum absolute atomic E-state index is 0.000881. The fourth-order valence-corrected chi connectivity index (χ4v) is 3.50. The molecule has 0 N–H and O–H groups in total. The molecule has 152 valence electrons. The summed E-state index contributed by atoms with van der Waals surface area (Å²) in [6.07, 6.45) is 0. The highest BCUT2D eigenvalue weighted by atomic mass is 35.5. The zero-order valence-electron chi connectivity index (χ0n) is 18.8. The molecular formula is C25H34ClNO. The highest BCUT2D eigenvalue weighted by Gasteiger charge is 2.33. The Kier molecular flexibility index (Phi) is 6.07. The molecule has 1 amide bonds. The third kappa shape index (κ3) is 4.78. The fraction of sp³-hybridized carbons (Fsp3) is 0.480. The molecule has 0 unspecified atom stereocenters. The van der Waals surface area contributed by atoms with Crippen molar-refractivity contribution in [2.75, 3.05) is 4.42 Å². The second-order valence-corrected chi connectivity index (χ2v) is 11.0. The molecule has 0 saturated carbocycles. The summed E-state index contributed by atoms with van der Waals surface area (Å²) >= 11 is 6.76. The van der Waals surface area contributed by atoms with E-state index in [9.17, 15) is 4.79 Å². The fourth-order valence-electron chi connectivity index (χ4n) is 3.22. The largest absolute Gasteiger partial charge is 0.272 e. The monoisotopic (exact) mass is 399 g/mol. The molecule has 0 saturated heterocycles. The Morgan fingerprint density at radius 1 is 0.750 bits per heavy atom. The molecule has 2 rings (SSSR count). The van der Waals surface area contributed by atoms with Crippen LogP contribution in [0.5, 0.6) is 0 Å². The van der Waals surface area contributed by atoms with E-state index in [1.54, 1.807) is 12.1 Å². The molecule has 0 aliphatic rings. The van der Waals surface area contributed by atoms with Crippen molar-refractivity contribution in [2.45, 2.75) is 78.6 Å². The topological polar surface area (TPSA) is 20.3 Å². The van der Waals surface area contributed by atoms with Crippen molar-refractivity contribution in [1.82, 2.24) is 0 Å². The molecule has 0 aliphatic heterocycles. The van der Waals surface area contributed by atoms with E-state index < -0.39 is 0 Å². The van der Waals surface area contributed by atoms with E-state index in [2.05, 4.69) is 74.4 Å². The molecule has 28 heavy (non-hydrogen) atoms. The van der Waals surface area contributed by atoms with Gasteiger partial charge in [0, 0.05) is 17.3 Å². The third-order valence-corrected chi connectivity index (χ3v) is 5.31. The second kappa shape index (κ2) is 7.55. The standard InChI is InChI=1S/C25H34ClNO/c1-23(2,3)18-15-19(24(4,5)6)21(20(16-18)25(7,8)9)27(26)22(28)17-13-11-10-12-14-17/h10-16H,1-9H3. The minimum atomic E-state index is -0.207. The molecule has 0 radical (unpaired) electrons. The summed E-state index contributed by atoms with van der Waals surface area (Å²) in [7, 11) is 0. The van der Waals surface area contributed by atoms with Crippen LogP contribution < -0.4 is 4.42 Å². The molecular weight excluding hydrogens is 366 g/mol. The first-order chi connectivity index (χ1) is 12.6. The SMILES string of the molecule is CC(C)(C)c1cc(C(C)(C)C)c(N(Cl)C(=O)c2ccccc2)c(C(C)(C)C)c1. The van der Waals surface area contributed by atoms with Gasteiger partial charge in [0.2, 0.25) is 0 Å². The number of anilines is 1. The van der Waals surface area contributed by atoms with Gasteiger partial charge in [-0.25, -0.2) is 4.42 Å². The van der Waals surface area contributed by atoms with E-state index in [0.717, 1.165) is 16.8 Å². The molecule has 0 spiro atoms. The van der Waals surface area contributed by atoms with Gasteiger partial charge in [0.1, 0.15) is 0 Å². The average Bonchev–Trinajstić information content (AvgIpc) is 2.57. The van der Waals surface area contributed by atoms with Crippen molar-refractivity contribution < 1.29 is 4.79 Å². The van der Waals surface area contributed by atoms with Gasteiger partial charge in [0.05, 0.1) is 5.69 Å². The molecule has 2 aromatic carbocycles. The van der Waals surface area contributed by atoms with Gasteiger partial charge in [0.15, 0.2) is 0 Å². The van der Waals surface area contributed by atoms with Crippen LogP contribution in [0.25, 0.3) is 0 Å². The Morgan fingerprint density at radius 2 is 1.18 bits per heavy atom. The maximum atomic E-state index is 13.2. The number of benzene rings is 2. The Hall–Kier alpha value is -1.80. The van der Waals surface area contributed by atoms with Crippen LogP contribution >= 0.6 is 11.8 Å². The van der Waals surface area contributed by atoms with Gasteiger partial charge < -0.3 is 0 Å². The number of amides is 1. The van der Waals surface area contributed by atoms with Crippen LogP contribution in [0.2, 0.25) is 0 Å². The van der Waals surface area contributed by atoms with E-state index in [0.29, 0.717) is 5.56 Å². The number of hydrogen-bond acceptors (Lipinski definition) is 1. The first-order valence-electron chi connectivity index (χ1n) is 9.89. The summed E-state index contributed by atoms with van der Waals surface area (Å²) in [5, 5.41) is 0. The lowest BCUT2D eigenvalue weighted by molar-refractivity contribution is 0.100. The third-order valence-electron chi connectivity index (χ3n) is 4.99. The highest BCUT2D eigenvalue weighted by Crippen LogP contribution is 2.44. The Morgan fingerprint density at radius 3 is 1.54 bits per heavy atom. The van der Waals surface area contributed by atoms with E-state index in [1.807, 2.05) is 18.2 Å². The van der Waals surface area contributed by atoms with Crippen molar-refractivity contribution in [3.05, 3.63) is 64.7 Å². The molecule has 2 nitrogen and oxygen atoms in total. The van der Waals surface area contributed by atoms with Crippen LogP contribution in [-0.4, -0.2) is 5.91 Å². The van der Waals surface area contributed by atoms with Crippen LogP contribution in [0.4, 0.5) is 5.69 Å². The molecule has 3 heteroatoms. The summed E-state index contributed by atoms with van der Waals surface area (Å²) in [5.41, 5.74) is 4.48. The molecule has 0 bridgehead atoms. The van der Waals surface area contributed by atoms with Crippen molar-refractivity contribution in [3.8, 4) is 0 Å². The number of rotatable bonds is 2. The number of hydrogen-bond donors (Lipinski definition) is 0. The first kappa shape index (κ1) is 22.5. The highest BCUT2D eigenvalue weighted by molar-refractivity contribution is 6.39. The Labute approximate surface area is 176 Å². The van der Waals surface area contributed by atoms with E-state index in [-0.39, 0.29) is 22.2 Å². The second-order valence-electron chi connectivity index (χ2n) is 10.6. The summed E-state index contributed by atoms with van der Waals surface area (Å²) in [5.74, 6) is -0.207. The number of nitrogens with zero attached hydrogens (tertiary/aromatic N) is 1. The van der Waals surface area contributed by atoms with Gasteiger partial charge in [0.25, 0.3) is 5.91 Å². The molecule has 0 atom stereocenters. The maximum absolute atomic E-state index is 13.2. The Balaban J connectivity index is 2.82. The lowest BCUT2D eigenvalue weighted by Crippen LogP contribution is -2.30. The van der Waals surface area contributed by atoms with Crippen molar-refractivity contribution in [1.29, 1.82) is 0 Å². The van der Waals surface area contributed by atoms with Crippen molar-refractivity contribution in [3.63, 3.8) is 0 Å². The van der Waals surface area contributed by atoms with Crippen LogP contribution in [0.1, 0.15) is 89.4 Å². The average molecular weight is 400 g/mol. The normalized spacial score (nSPS) is 12.8. The number of carbonyl (C=O) groups excluding carboxylic acids is 1. The van der Waals surface area contributed by atoms with Gasteiger partial charge in [-0.2, -0.15) is 0 Å². The van der Waals surface area contributed by atoms with Crippen LogP contribution in [0.15, 0.2) is 42.5 Å². The lowest BCUT2D eigenvalue weighted by Gasteiger charge is -2.35. The minimum Gasteiger partial charge on any atom is -0.267 e. The van der Waals surface area contributed by atoms with Gasteiger partial charge in [-0.05, 0) is 45.1 Å². The van der Waals surface area contributed by atoms with Crippen molar-refractivity contribution in [2.24, 2.45) is 0 Å². The van der Waals surface area contributed by atoms with Crippen LogP contribution in [0, 0.1) is 0 Å². The van der Waals surface area contributed by atoms with E-state index in [1.165, 1.54) is 9.98 Å². The van der Waals surface area contributed by atoms with Crippen LogP contribution in [0.3, 0.4) is 0 Å². The van der Waals surface area contributed by atoms with Gasteiger partial charge >= 0.3 is 0 Å². The lowest BCUT2D eigenvalue weighted by atomic mass is 9.74. The number of carbonyl (C=O) groups is 1. The molecule has 0 aromatic heterocycles. The van der Waals surface area contributed by atoms with Crippen LogP contribution in [-0.2, 0) is 16.2 Å². The zero-order chi connectivity index (χ0) is 21.5. The summed E-state index contributed by atoms with van der Waals surface area (Å²) in [6.45, 7) is 19.7.